The third-order valence-corrected chi connectivity index (χ3v) is 2.94. The van der Waals surface area contributed by atoms with Gasteiger partial charge < -0.3 is 19.4 Å². The number of ether oxygens (including phenoxy) is 2. The number of benzene rings is 2. The van der Waals surface area contributed by atoms with E-state index in [0.29, 0.717) is 5.69 Å². The van der Waals surface area contributed by atoms with Crippen molar-refractivity contribution in [3.8, 4) is 11.5 Å². The fourth-order valence-corrected chi connectivity index (χ4v) is 1.85. The second-order valence-electron chi connectivity index (χ2n) is 4.69. The number of anilines is 1. The van der Waals surface area contributed by atoms with Gasteiger partial charge in [0.05, 0.1) is 17.9 Å². The predicted octanol–water partition coefficient (Wildman–Crippen LogP) is 2.70. The fraction of sp³-hybridized carbons (Fsp3) is 0.125. The summed E-state index contributed by atoms with van der Waals surface area (Å²) in [6.07, 6.45) is 1.12. The van der Waals surface area contributed by atoms with Crippen LogP contribution in [-0.2, 0) is 0 Å². The summed E-state index contributed by atoms with van der Waals surface area (Å²) < 4.78 is 57.7. The smallest absolute Gasteiger partial charge is 0.387 e. The molecule has 0 aliphatic rings. The van der Waals surface area contributed by atoms with Crippen LogP contribution in [0.1, 0.15) is 15.9 Å². The molecule has 6 nitrogen and oxygen atoms in total. The quantitative estimate of drug-likeness (QED) is 0.438. The standard InChI is InChI=1S/C16H12F4N2O4/c17-15(18)25-12-6-3-10(13(7-12)26-16(19)20)8-21-22-11-4-1-9(2-5-11)14(23)24/h1-8,15-16,22H,(H,23,24)/p-1/b21-8-. The summed E-state index contributed by atoms with van der Waals surface area (Å²) in [4.78, 5) is 10.6. The second-order valence-corrected chi connectivity index (χ2v) is 4.69. The number of alkyl halides is 4. The molecule has 138 valence electrons. The first-order valence-corrected chi connectivity index (χ1v) is 6.99. The second kappa shape index (κ2) is 8.70. The van der Waals surface area contributed by atoms with Gasteiger partial charge in [0.1, 0.15) is 11.5 Å². The third kappa shape index (κ3) is 5.65. The van der Waals surface area contributed by atoms with Crippen LogP contribution in [0.25, 0.3) is 0 Å². The zero-order valence-corrected chi connectivity index (χ0v) is 12.9. The Morgan fingerprint density at radius 2 is 1.69 bits per heavy atom. The van der Waals surface area contributed by atoms with E-state index in [1.165, 1.54) is 30.3 Å². The van der Waals surface area contributed by atoms with E-state index in [0.717, 1.165) is 18.3 Å². The SMILES string of the molecule is O=C([O-])c1ccc(N/N=C\c2ccc(OC(F)F)cc2OC(F)F)cc1. The molecule has 0 saturated carbocycles. The Morgan fingerprint density at radius 3 is 2.27 bits per heavy atom. The molecule has 0 aliphatic carbocycles. The highest BCUT2D eigenvalue weighted by Gasteiger charge is 2.12. The molecular formula is C16H11F4N2O4-. The Bertz CT molecular complexity index is 782. The van der Waals surface area contributed by atoms with Gasteiger partial charge in [0.2, 0.25) is 0 Å². The highest BCUT2D eigenvalue weighted by molar-refractivity contribution is 5.86. The van der Waals surface area contributed by atoms with Crippen LogP contribution in [0.2, 0.25) is 0 Å². The van der Waals surface area contributed by atoms with Crippen molar-refractivity contribution in [1.29, 1.82) is 0 Å². The molecule has 0 fully saturated rings. The first kappa shape index (κ1) is 19.0. The molecule has 0 spiro atoms. The molecule has 26 heavy (non-hydrogen) atoms. The van der Waals surface area contributed by atoms with Crippen molar-refractivity contribution in [2.24, 2.45) is 5.10 Å². The number of carbonyl (C=O) groups is 1. The molecule has 2 aromatic rings. The summed E-state index contributed by atoms with van der Waals surface area (Å²) in [5.74, 6) is -2.09. The van der Waals surface area contributed by atoms with Crippen molar-refractivity contribution in [2.45, 2.75) is 13.2 Å². The molecule has 2 rings (SSSR count). The van der Waals surface area contributed by atoms with Crippen LogP contribution in [-0.4, -0.2) is 25.4 Å². The third-order valence-electron chi connectivity index (χ3n) is 2.94. The summed E-state index contributed by atoms with van der Waals surface area (Å²) in [6, 6.07) is 8.63. The van der Waals surface area contributed by atoms with E-state index in [-0.39, 0.29) is 16.9 Å². The predicted molar refractivity (Wildman–Crippen MR) is 81.7 cm³/mol. The van der Waals surface area contributed by atoms with Crippen LogP contribution in [0.3, 0.4) is 0 Å². The average Bonchev–Trinajstić information content (AvgIpc) is 2.56. The van der Waals surface area contributed by atoms with Crippen LogP contribution in [0.5, 0.6) is 11.5 Å². The molecule has 0 aliphatic heterocycles. The van der Waals surface area contributed by atoms with Gasteiger partial charge in [-0.25, -0.2) is 0 Å². The van der Waals surface area contributed by atoms with E-state index < -0.39 is 24.9 Å². The Morgan fingerprint density at radius 1 is 1.04 bits per heavy atom. The Balaban J connectivity index is 2.13. The summed E-state index contributed by atoms with van der Waals surface area (Å²) in [6.45, 7) is -6.28. The summed E-state index contributed by atoms with van der Waals surface area (Å²) in [5, 5.41) is 14.4. The lowest BCUT2D eigenvalue weighted by atomic mass is 10.2. The van der Waals surface area contributed by atoms with Gasteiger partial charge in [-0.3, -0.25) is 5.43 Å². The monoisotopic (exact) mass is 371 g/mol. The van der Waals surface area contributed by atoms with E-state index in [9.17, 15) is 27.5 Å². The van der Waals surface area contributed by atoms with Crippen molar-refractivity contribution in [2.75, 3.05) is 5.43 Å². The Labute approximate surface area is 144 Å². The highest BCUT2D eigenvalue weighted by atomic mass is 19.3. The number of halogens is 4. The molecule has 1 N–H and O–H groups in total. The fourth-order valence-electron chi connectivity index (χ4n) is 1.85. The van der Waals surface area contributed by atoms with E-state index in [4.69, 9.17) is 0 Å². The van der Waals surface area contributed by atoms with Crippen LogP contribution >= 0.6 is 0 Å². The van der Waals surface area contributed by atoms with Gasteiger partial charge in [-0.15, -0.1) is 0 Å². The van der Waals surface area contributed by atoms with Crippen molar-refractivity contribution in [1.82, 2.24) is 0 Å². The van der Waals surface area contributed by atoms with Crippen molar-refractivity contribution < 1.29 is 36.9 Å². The molecule has 0 saturated heterocycles. The minimum atomic E-state index is -3.17. The minimum Gasteiger partial charge on any atom is -0.545 e. The molecule has 0 aromatic heterocycles. The zero-order valence-electron chi connectivity index (χ0n) is 12.9. The van der Waals surface area contributed by atoms with Gasteiger partial charge in [0.15, 0.2) is 0 Å². The number of aromatic carboxylic acids is 1. The number of carboxylic acid groups (broad SMARTS) is 1. The summed E-state index contributed by atoms with van der Waals surface area (Å²) in [5.41, 5.74) is 3.01. The van der Waals surface area contributed by atoms with Crippen molar-refractivity contribution in [3.05, 3.63) is 53.6 Å². The Hall–Kier alpha value is -3.30. The topological polar surface area (TPSA) is 83.0 Å². The lowest BCUT2D eigenvalue weighted by molar-refractivity contribution is -0.255. The lowest BCUT2D eigenvalue weighted by Crippen LogP contribution is -2.21. The molecule has 0 heterocycles. The number of hydrazone groups is 1. The maximum Gasteiger partial charge on any atom is 0.387 e. The molecule has 0 atom stereocenters. The molecular weight excluding hydrogens is 360 g/mol. The molecule has 0 radical (unpaired) electrons. The van der Waals surface area contributed by atoms with Gasteiger partial charge in [0.25, 0.3) is 0 Å². The maximum atomic E-state index is 12.5. The summed E-state index contributed by atoms with van der Waals surface area (Å²) >= 11 is 0. The molecule has 0 amide bonds. The number of carboxylic acids is 1. The van der Waals surface area contributed by atoms with E-state index in [1.54, 1.807) is 0 Å². The van der Waals surface area contributed by atoms with Gasteiger partial charge in [0, 0.05) is 11.6 Å². The van der Waals surface area contributed by atoms with Crippen LogP contribution < -0.4 is 20.0 Å². The number of nitrogens with one attached hydrogen (secondary N) is 1. The maximum absolute atomic E-state index is 12.5. The zero-order chi connectivity index (χ0) is 19.1. The normalized spacial score (nSPS) is 11.2. The lowest BCUT2D eigenvalue weighted by Gasteiger charge is -2.11. The molecule has 0 unspecified atom stereocenters. The van der Waals surface area contributed by atoms with Gasteiger partial charge in [-0.1, -0.05) is 12.1 Å². The number of hydrogen-bond acceptors (Lipinski definition) is 6. The van der Waals surface area contributed by atoms with Gasteiger partial charge >= 0.3 is 13.2 Å². The van der Waals surface area contributed by atoms with E-state index in [1.807, 2.05) is 0 Å². The first-order chi connectivity index (χ1) is 12.3. The van der Waals surface area contributed by atoms with Gasteiger partial charge in [-0.2, -0.15) is 22.7 Å². The van der Waals surface area contributed by atoms with Gasteiger partial charge in [-0.05, 0) is 29.8 Å². The average molecular weight is 371 g/mol. The molecule has 2 aromatic carbocycles. The highest BCUT2D eigenvalue weighted by Crippen LogP contribution is 2.26. The number of rotatable bonds is 8. The largest absolute Gasteiger partial charge is 0.545 e. The number of hydrogen-bond donors (Lipinski definition) is 1. The van der Waals surface area contributed by atoms with Crippen LogP contribution in [0.4, 0.5) is 23.2 Å². The number of carbonyl (C=O) groups excluding carboxylic acids is 1. The van der Waals surface area contributed by atoms with Crippen LogP contribution in [0, 0.1) is 0 Å². The molecule has 0 bridgehead atoms. The van der Waals surface area contributed by atoms with E-state index in [2.05, 4.69) is 20.0 Å². The van der Waals surface area contributed by atoms with Crippen molar-refractivity contribution in [3.63, 3.8) is 0 Å². The van der Waals surface area contributed by atoms with Crippen molar-refractivity contribution >= 4 is 17.9 Å². The van der Waals surface area contributed by atoms with E-state index >= 15 is 0 Å². The Kier molecular flexibility index (Phi) is 6.36. The van der Waals surface area contributed by atoms with Crippen LogP contribution in [0.15, 0.2) is 47.6 Å². The summed E-state index contributed by atoms with van der Waals surface area (Å²) in [7, 11) is 0. The molecule has 10 heteroatoms. The first-order valence-electron chi connectivity index (χ1n) is 6.99. The number of nitrogens with zero attached hydrogens (tertiary/aromatic N) is 1. The minimum absolute atomic E-state index is 0.0261.